The summed E-state index contributed by atoms with van der Waals surface area (Å²) < 4.78 is 8.02. The quantitative estimate of drug-likeness (QED) is 0.692. The molecule has 0 amide bonds. The van der Waals surface area contributed by atoms with Crippen LogP contribution in [-0.4, -0.2) is 15.6 Å². The van der Waals surface area contributed by atoms with Crippen LogP contribution >= 0.6 is 0 Å². The zero-order valence-corrected chi connectivity index (χ0v) is 16.5. The fourth-order valence-corrected chi connectivity index (χ4v) is 3.95. The van der Waals surface area contributed by atoms with Gasteiger partial charge in [-0.3, -0.25) is 4.79 Å². The van der Waals surface area contributed by atoms with E-state index in [0.29, 0.717) is 6.61 Å². The van der Waals surface area contributed by atoms with Gasteiger partial charge in [0.2, 0.25) is 0 Å². The van der Waals surface area contributed by atoms with Crippen LogP contribution in [0.2, 0.25) is 0 Å². The van der Waals surface area contributed by atoms with Crippen molar-refractivity contribution >= 4 is 5.97 Å². The second kappa shape index (κ2) is 7.59. The van der Waals surface area contributed by atoms with Crippen molar-refractivity contribution in [3.05, 3.63) is 87.2 Å². The predicted octanol–water partition coefficient (Wildman–Crippen LogP) is 4.61. The second-order valence-electron chi connectivity index (χ2n) is 7.46. The molecule has 0 spiro atoms. The number of fused-ring (bicyclic) bond motifs is 3. The number of nitrogens with zero attached hydrogens (tertiary/aromatic N) is 1. The number of rotatable bonds is 5. The molecular weight excluding hydrogens is 366 g/mol. The lowest BCUT2D eigenvalue weighted by atomic mass is 9.89. The highest BCUT2D eigenvalue weighted by molar-refractivity contribution is 5.87. The molecule has 0 bridgehead atoms. The molecule has 1 aromatic heterocycles. The summed E-state index contributed by atoms with van der Waals surface area (Å²) in [6.45, 7) is 4.55. The summed E-state index contributed by atoms with van der Waals surface area (Å²) >= 11 is 0. The first-order valence-corrected chi connectivity index (χ1v) is 9.78. The standard InChI is InChI=1S/C24H23NO4/c1-3-18-10-17-11-23(29-14-16-7-5-4-6-8-16)15(2)9-19(17)21-12-22(26)20(24(27)28)13-25(18)21/h4-9,11-13,18H,3,10,14H2,1-2H3,(H,27,28). The molecule has 148 valence electrons. The zero-order valence-electron chi connectivity index (χ0n) is 16.5. The van der Waals surface area contributed by atoms with Crippen molar-refractivity contribution in [2.45, 2.75) is 39.3 Å². The first kappa shape index (κ1) is 19.0. The van der Waals surface area contributed by atoms with E-state index in [0.717, 1.165) is 46.5 Å². The lowest BCUT2D eigenvalue weighted by molar-refractivity contribution is 0.0694. The molecule has 0 radical (unpaired) electrons. The second-order valence-corrected chi connectivity index (χ2v) is 7.46. The minimum atomic E-state index is -1.19. The molecule has 1 unspecified atom stereocenters. The smallest absolute Gasteiger partial charge is 0.341 e. The number of benzene rings is 2. The van der Waals surface area contributed by atoms with Crippen LogP contribution in [0.3, 0.4) is 0 Å². The average Bonchev–Trinajstić information content (AvgIpc) is 2.72. The van der Waals surface area contributed by atoms with Crippen LogP contribution in [0.4, 0.5) is 0 Å². The Kier molecular flexibility index (Phi) is 4.97. The third kappa shape index (κ3) is 3.56. The van der Waals surface area contributed by atoms with E-state index in [1.807, 2.05) is 47.9 Å². The van der Waals surface area contributed by atoms with Crippen molar-refractivity contribution < 1.29 is 14.6 Å². The lowest BCUT2D eigenvalue weighted by Crippen LogP contribution is -2.25. The first-order valence-electron chi connectivity index (χ1n) is 9.78. The molecule has 1 atom stereocenters. The van der Waals surface area contributed by atoms with Crippen molar-refractivity contribution in [2.75, 3.05) is 0 Å². The van der Waals surface area contributed by atoms with Gasteiger partial charge in [-0.2, -0.15) is 0 Å². The van der Waals surface area contributed by atoms with Crippen molar-refractivity contribution in [1.29, 1.82) is 0 Å². The Morgan fingerprint density at radius 3 is 2.66 bits per heavy atom. The van der Waals surface area contributed by atoms with E-state index in [1.54, 1.807) is 0 Å². The molecule has 0 aliphatic carbocycles. The van der Waals surface area contributed by atoms with Gasteiger partial charge in [0.1, 0.15) is 17.9 Å². The number of aromatic nitrogens is 1. The van der Waals surface area contributed by atoms with E-state index >= 15 is 0 Å². The number of aryl methyl sites for hydroxylation is 1. The number of carbonyl (C=O) groups is 1. The minimum Gasteiger partial charge on any atom is -0.489 e. The highest BCUT2D eigenvalue weighted by Crippen LogP contribution is 2.38. The van der Waals surface area contributed by atoms with E-state index < -0.39 is 11.4 Å². The Labute approximate surface area is 169 Å². The van der Waals surface area contributed by atoms with Gasteiger partial charge in [-0.05, 0) is 48.6 Å². The third-order valence-corrected chi connectivity index (χ3v) is 5.54. The molecule has 0 fully saturated rings. The monoisotopic (exact) mass is 389 g/mol. The largest absolute Gasteiger partial charge is 0.489 e. The van der Waals surface area contributed by atoms with Crippen molar-refractivity contribution in [3.63, 3.8) is 0 Å². The van der Waals surface area contributed by atoms with Crippen LogP contribution in [0.1, 0.15) is 46.4 Å². The van der Waals surface area contributed by atoms with Crippen molar-refractivity contribution in [1.82, 2.24) is 4.57 Å². The highest BCUT2D eigenvalue weighted by atomic mass is 16.5. The van der Waals surface area contributed by atoms with Gasteiger partial charge in [-0.1, -0.05) is 37.3 Å². The predicted molar refractivity (Wildman–Crippen MR) is 112 cm³/mol. The SMILES string of the molecule is CCC1Cc2cc(OCc3ccccc3)c(C)cc2-c2cc(=O)c(C(=O)O)cn21. The Balaban J connectivity index is 1.75. The molecule has 2 heterocycles. The highest BCUT2D eigenvalue weighted by Gasteiger charge is 2.26. The van der Waals surface area contributed by atoms with Gasteiger partial charge in [0.25, 0.3) is 0 Å². The van der Waals surface area contributed by atoms with Crippen LogP contribution in [0.25, 0.3) is 11.3 Å². The Morgan fingerprint density at radius 1 is 1.21 bits per heavy atom. The van der Waals surface area contributed by atoms with Gasteiger partial charge in [-0.25, -0.2) is 4.79 Å². The molecule has 1 aliphatic heterocycles. The lowest BCUT2D eigenvalue weighted by Gasteiger charge is -2.31. The third-order valence-electron chi connectivity index (χ3n) is 5.54. The van der Waals surface area contributed by atoms with Gasteiger partial charge in [0.15, 0.2) is 5.43 Å². The van der Waals surface area contributed by atoms with E-state index in [1.165, 1.54) is 12.3 Å². The van der Waals surface area contributed by atoms with Crippen LogP contribution in [0, 0.1) is 6.92 Å². The molecule has 5 nitrogen and oxygen atoms in total. The molecule has 0 saturated heterocycles. The molecule has 2 aromatic carbocycles. The van der Waals surface area contributed by atoms with Crippen molar-refractivity contribution in [2.24, 2.45) is 0 Å². The minimum absolute atomic E-state index is 0.0980. The number of hydrogen-bond donors (Lipinski definition) is 1. The fourth-order valence-electron chi connectivity index (χ4n) is 3.95. The van der Waals surface area contributed by atoms with Crippen LogP contribution in [0.15, 0.2) is 59.5 Å². The van der Waals surface area contributed by atoms with Crippen LogP contribution in [0.5, 0.6) is 5.75 Å². The van der Waals surface area contributed by atoms with Crippen LogP contribution < -0.4 is 10.2 Å². The molecule has 0 saturated carbocycles. The van der Waals surface area contributed by atoms with Gasteiger partial charge in [-0.15, -0.1) is 0 Å². The number of hydrogen-bond acceptors (Lipinski definition) is 3. The molecule has 5 heteroatoms. The van der Waals surface area contributed by atoms with Gasteiger partial charge in [0, 0.05) is 23.9 Å². The van der Waals surface area contributed by atoms with E-state index in [-0.39, 0.29) is 11.6 Å². The number of pyridine rings is 1. The van der Waals surface area contributed by atoms with Gasteiger partial charge < -0.3 is 14.4 Å². The Bertz CT molecular complexity index is 1130. The normalized spacial score (nSPS) is 14.8. The number of ether oxygens (including phenoxy) is 1. The average molecular weight is 389 g/mol. The summed E-state index contributed by atoms with van der Waals surface area (Å²) in [5, 5.41) is 9.33. The maximum atomic E-state index is 12.3. The molecule has 1 aliphatic rings. The van der Waals surface area contributed by atoms with Gasteiger partial charge >= 0.3 is 5.97 Å². The Morgan fingerprint density at radius 2 is 1.97 bits per heavy atom. The summed E-state index contributed by atoms with van der Waals surface area (Å²) in [6.07, 6.45) is 3.09. The topological polar surface area (TPSA) is 68.5 Å². The maximum absolute atomic E-state index is 12.3. The van der Waals surface area contributed by atoms with Gasteiger partial charge in [0.05, 0.1) is 5.69 Å². The van der Waals surface area contributed by atoms with E-state index in [9.17, 15) is 14.7 Å². The number of aromatic carboxylic acids is 1. The van der Waals surface area contributed by atoms with E-state index in [2.05, 4.69) is 13.0 Å². The summed E-state index contributed by atoms with van der Waals surface area (Å²) in [5.41, 5.74) is 4.29. The zero-order chi connectivity index (χ0) is 20.5. The summed E-state index contributed by atoms with van der Waals surface area (Å²) in [5.74, 6) is -0.354. The number of carboxylic acids is 1. The molecular formula is C24H23NO4. The van der Waals surface area contributed by atoms with Crippen LogP contribution in [-0.2, 0) is 13.0 Å². The van der Waals surface area contributed by atoms with E-state index in [4.69, 9.17) is 4.74 Å². The fraction of sp³-hybridized carbons (Fsp3) is 0.250. The molecule has 3 aromatic rings. The maximum Gasteiger partial charge on any atom is 0.341 e. The molecule has 29 heavy (non-hydrogen) atoms. The Hall–Kier alpha value is -3.34. The molecule has 1 N–H and O–H groups in total. The summed E-state index contributed by atoms with van der Waals surface area (Å²) in [6, 6.07) is 15.7. The summed E-state index contributed by atoms with van der Waals surface area (Å²) in [7, 11) is 0. The summed E-state index contributed by atoms with van der Waals surface area (Å²) in [4.78, 5) is 23.7. The van der Waals surface area contributed by atoms with Crippen molar-refractivity contribution in [3.8, 4) is 17.0 Å². The molecule has 4 rings (SSSR count). The first-order chi connectivity index (χ1) is 14.0. The number of carboxylic acid groups (broad SMARTS) is 1.